The van der Waals surface area contributed by atoms with Crippen LogP contribution in [-0.2, 0) is 9.53 Å². The Morgan fingerprint density at radius 1 is 1.17 bits per heavy atom. The van der Waals surface area contributed by atoms with E-state index in [1.54, 1.807) is 20.8 Å². The summed E-state index contributed by atoms with van der Waals surface area (Å²) in [7, 11) is 0. The van der Waals surface area contributed by atoms with Gasteiger partial charge < -0.3 is 10.1 Å². The van der Waals surface area contributed by atoms with Gasteiger partial charge in [-0.15, -0.1) is 0 Å². The molecule has 0 aliphatic heterocycles. The first-order valence-electron chi connectivity index (χ1n) is 6.82. The van der Waals surface area contributed by atoms with Crippen molar-refractivity contribution in [2.75, 3.05) is 0 Å². The van der Waals surface area contributed by atoms with Crippen LogP contribution < -0.4 is 5.32 Å². The van der Waals surface area contributed by atoms with Crippen LogP contribution >= 0.6 is 0 Å². The standard InChI is InChI=1S/C14H27NO3/c1-6-8-10-12(16)11(9-7-2)15-13(17)18-14(3,4)5/h11H,6-10H2,1-5H3,(H,15,17)/t11-/m0/s1. The lowest BCUT2D eigenvalue weighted by atomic mass is 10.0. The van der Waals surface area contributed by atoms with Gasteiger partial charge in [0.25, 0.3) is 0 Å². The van der Waals surface area contributed by atoms with E-state index in [2.05, 4.69) is 5.32 Å². The van der Waals surface area contributed by atoms with Gasteiger partial charge >= 0.3 is 6.09 Å². The highest BCUT2D eigenvalue weighted by molar-refractivity contribution is 5.87. The molecule has 0 saturated heterocycles. The fourth-order valence-corrected chi connectivity index (χ4v) is 1.58. The molecule has 0 aliphatic rings. The van der Waals surface area contributed by atoms with Crippen molar-refractivity contribution in [2.24, 2.45) is 0 Å². The van der Waals surface area contributed by atoms with Crippen molar-refractivity contribution in [2.45, 2.75) is 78.4 Å². The Labute approximate surface area is 110 Å². The molecule has 0 fully saturated rings. The summed E-state index contributed by atoms with van der Waals surface area (Å²) >= 11 is 0. The highest BCUT2D eigenvalue weighted by atomic mass is 16.6. The molecule has 0 bridgehead atoms. The van der Waals surface area contributed by atoms with Gasteiger partial charge in [-0.1, -0.05) is 26.7 Å². The van der Waals surface area contributed by atoms with Crippen LogP contribution in [0.25, 0.3) is 0 Å². The van der Waals surface area contributed by atoms with Gasteiger partial charge in [0.2, 0.25) is 0 Å². The lowest BCUT2D eigenvalue weighted by Gasteiger charge is -2.23. The van der Waals surface area contributed by atoms with Gasteiger partial charge in [-0.2, -0.15) is 0 Å². The zero-order chi connectivity index (χ0) is 14.2. The predicted octanol–water partition coefficient (Wildman–Crippen LogP) is 3.44. The van der Waals surface area contributed by atoms with Crippen molar-refractivity contribution in [3.8, 4) is 0 Å². The number of Topliss-reactive ketones (excluding diaryl/α,β-unsaturated/α-hetero) is 1. The van der Waals surface area contributed by atoms with Crippen LogP contribution in [-0.4, -0.2) is 23.5 Å². The molecular formula is C14H27NO3. The van der Waals surface area contributed by atoms with E-state index >= 15 is 0 Å². The predicted molar refractivity (Wildman–Crippen MR) is 72.6 cm³/mol. The molecule has 1 N–H and O–H groups in total. The van der Waals surface area contributed by atoms with Gasteiger partial charge in [0.1, 0.15) is 5.60 Å². The largest absolute Gasteiger partial charge is 0.444 e. The first-order valence-corrected chi connectivity index (χ1v) is 6.82. The minimum absolute atomic E-state index is 0.101. The summed E-state index contributed by atoms with van der Waals surface area (Å²) in [5.74, 6) is 0.101. The van der Waals surface area contributed by atoms with Crippen LogP contribution in [0.15, 0.2) is 0 Å². The molecule has 0 aliphatic carbocycles. The van der Waals surface area contributed by atoms with Crippen molar-refractivity contribution in [3.05, 3.63) is 0 Å². The fourth-order valence-electron chi connectivity index (χ4n) is 1.58. The molecule has 0 rings (SSSR count). The molecular weight excluding hydrogens is 230 g/mol. The molecule has 1 atom stereocenters. The van der Waals surface area contributed by atoms with Crippen molar-refractivity contribution in [1.82, 2.24) is 5.32 Å². The quantitative estimate of drug-likeness (QED) is 0.760. The lowest BCUT2D eigenvalue weighted by Crippen LogP contribution is -2.43. The van der Waals surface area contributed by atoms with Crippen molar-refractivity contribution in [3.63, 3.8) is 0 Å². The maximum atomic E-state index is 11.9. The van der Waals surface area contributed by atoms with E-state index in [1.807, 2.05) is 13.8 Å². The Morgan fingerprint density at radius 2 is 1.78 bits per heavy atom. The van der Waals surface area contributed by atoms with Gasteiger partial charge in [-0.25, -0.2) is 4.79 Å². The van der Waals surface area contributed by atoms with Crippen LogP contribution in [0.2, 0.25) is 0 Å². The monoisotopic (exact) mass is 257 g/mol. The van der Waals surface area contributed by atoms with Crippen LogP contribution in [0.4, 0.5) is 4.79 Å². The number of carbonyl (C=O) groups is 2. The summed E-state index contributed by atoms with van der Waals surface area (Å²) in [6.45, 7) is 9.46. The number of unbranched alkanes of at least 4 members (excludes halogenated alkanes) is 1. The first-order chi connectivity index (χ1) is 8.30. The third-order valence-corrected chi connectivity index (χ3v) is 2.43. The minimum Gasteiger partial charge on any atom is -0.444 e. The number of alkyl carbamates (subject to hydrolysis) is 1. The number of rotatable bonds is 7. The molecule has 0 heterocycles. The lowest BCUT2D eigenvalue weighted by molar-refractivity contribution is -0.121. The molecule has 106 valence electrons. The third kappa shape index (κ3) is 8.09. The smallest absolute Gasteiger partial charge is 0.408 e. The summed E-state index contributed by atoms with van der Waals surface area (Å²) < 4.78 is 5.17. The molecule has 0 aromatic carbocycles. The van der Waals surface area contributed by atoms with Crippen molar-refractivity contribution >= 4 is 11.9 Å². The van der Waals surface area contributed by atoms with Gasteiger partial charge in [0.05, 0.1) is 6.04 Å². The SMILES string of the molecule is CCCCC(=O)[C@H](CCC)NC(=O)OC(C)(C)C. The van der Waals surface area contributed by atoms with E-state index in [1.165, 1.54) is 0 Å². The van der Waals surface area contributed by atoms with E-state index in [9.17, 15) is 9.59 Å². The Balaban J connectivity index is 4.34. The second-order valence-electron chi connectivity index (χ2n) is 5.56. The maximum Gasteiger partial charge on any atom is 0.408 e. The summed E-state index contributed by atoms with van der Waals surface area (Å²) in [5, 5.41) is 2.67. The number of ether oxygens (including phenoxy) is 1. The maximum absolute atomic E-state index is 11.9. The number of nitrogens with one attached hydrogen (secondary N) is 1. The van der Waals surface area contributed by atoms with Crippen LogP contribution in [0, 0.1) is 0 Å². The summed E-state index contributed by atoms with van der Waals surface area (Å²) in [6, 6.07) is -0.406. The molecule has 0 unspecified atom stereocenters. The number of carbonyl (C=O) groups excluding carboxylic acids is 2. The molecule has 0 radical (unpaired) electrons. The Kier molecular flexibility index (Phi) is 7.64. The first kappa shape index (κ1) is 16.9. The van der Waals surface area contributed by atoms with E-state index in [4.69, 9.17) is 4.74 Å². The van der Waals surface area contributed by atoms with Crippen LogP contribution in [0.1, 0.15) is 66.7 Å². The normalized spacial score (nSPS) is 12.9. The zero-order valence-electron chi connectivity index (χ0n) is 12.3. The molecule has 1 amide bonds. The number of hydrogen-bond acceptors (Lipinski definition) is 3. The molecule has 0 aromatic heterocycles. The van der Waals surface area contributed by atoms with E-state index < -0.39 is 17.7 Å². The zero-order valence-corrected chi connectivity index (χ0v) is 12.3. The Morgan fingerprint density at radius 3 is 2.22 bits per heavy atom. The molecule has 0 spiro atoms. The summed E-state index contributed by atoms with van der Waals surface area (Å²) in [5.41, 5.74) is -0.534. The highest BCUT2D eigenvalue weighted by Gasteiger charge is 2.22. The minimum atomic E-state index is -0.534. The summed E-state index contributed by atoms with van der Waals surface area (Å²) in [4.78, 5) is 23.6. The van der Waals surface area contributed by atoms with E-state index in [0.717, 1.165) is 19.3 Å². The Bertz CT molecular complexity index is 269. The van der Waals surface area contributed by atoms with Gasteiger partial charge in [-0.3, -0.25) is 4.79 Å². The summed E-state index contributed by atoms with van der Waals surface area (Å²) in [6.07, 6.45) is 3.40. The number of ketones is 1. The van der Waals surface area contributed by atoms with Crippen LogP contribution in [0.3, 0.4) is 0 Å². The van der Waals surface area contributed by atoms with Gasteiger partial charge in [-0.05, 0) is 33.6 Å². The number of hydrogen-bond donors (Lipinski definition) is 1. The Hall–Kier alpha value is -1.06. The highest BCUT2D eigenvalue weighted by Crippen LogP contribution is 2.09. The van der Waals surface area contributed by atoms with Crippen LogP contribution in [0.5, 0.6) is 0 Å². The second-order valence-corrected chi connectivity index (χ2v) is 5.56. The van der Waals surface area contributed by atoms with Gasteiger partial charge in [0.15, 0.2) is 5.78 Å². The van der Waals surface area contributed by atoms with Gasteiger partial charge in [0, 0.05) is 6.42 Å². The average Bonchev–Trinajstić information content (AvgIpc) is 2.22. The topological polar surface area (TPSA) is 55.4 Å². The molecule has 18 heavy (non-hydrogen) atoms. The molecule has 4 nitrogen and oxygen atoms in total. The molecule has 0 aromatic rings. The average molecular weight is 257 g/mol. The second kappa shape index (κ2) is 8.11. The fraction of sp³-hybridized carbons (Fsp3) is 0.857. The van der Waals surface area contributed by atoms with E-state index in [0.29, 0.717) is 12.8 Å². The van der Waals surface area contributed by atoms with Crippen molar-refractivity contribution < 1.29 is 14.3 Å². The van der Waals surface area contributed by atoms with Crippen molar-refractivity contribution in [1.29, 1.82) is 0 Å². The molecule has 4 heteroatoms. The third-order valence-electron chi connectivity index (χ3n) is 2.43. The number of amides is 1. The molecule has 0 saturated carbocycles. The van der Waals surface area contributed by atoms with E-state index in [-0.39, 0.29) is 5.78 Å².